The highest BCUT2D eigenvalue weighted by Crippen LogP contribution is 2.35. The number of benzene rings is 3. The molecular weight excluding hydrogens is 386 g/mol. The van der Waals surface area contributed by atoms with Crippen LogP contribution in [0.3, 0.4) is 0 Å². The summed E-state index contributed by atoms with van der Waals surface area (Å²) in [7, 11) is 0. The fraction of sp³-hybridized carbons (Fsp3) is 0.231. The van der Waals surface area contributed by atoms with Gasteiger partial charge in [0.25, 0.3) is 5.91 Å². The Labute approximate surface area is 183 Å². The molecular formula is C26H27N3O2. The maximum absolute atomic E-state index is 13.1. The molecule has 0 bridgehead atoms. The highest BCUT2D eigenvalue weighted by Gasteiger charge is 2.29. The van der Waals surface area contributed by atoms with Crippen molar-refractivity contribution in [3.05, 3.63) is 89.0 Å². The number of carbonyl (C=O) groups excluding carboxylic acids is 2. The maximum Gasteiger partial charge on any atom is 0.258 e. The maximum atomic E-state index is 13.1. The summed E-state index contributed by atoms with van der Waals surface area (Å²) in [5, 5.41) is 6.10. The lowest BCUT2D eigenvalue weighted by atomic mass is 9.99. The van der Waals surface area contributed by atoms with Crippen LogP contribution in [-0.2, 0) is 17.9 Å². The van der Waals surface area contributed by atoms with Gasteiger partial charge in [0.1, 0.15) is 0 Å². The molecule has 0 fully saturated rings. The fourth-order valence-corrected chi connectivity index (χ4v) is 4.08. The van der Waals surface area contributed by atoms with Crippen molar-refractivity contribution in [2.24, 2.45) is 0 Å². The van der Waals surface area contributed by atoms with Crippen molar-refractivity contribution in [3.8, 4) is 11.1 Å². The molecule has 3 aromatic rings. The molecule has 0 aromatic heterocycles. The van der Waals surface area contributed by atoms with Crippen LogP contribution in [0.25, 0.3) is 11.1 Å². The zero-order chi connectivity index (χ0) is 21.8. The van der Waals surface area contributed by atoms with Crippen LogP contribution in [0.5, 0.6) is 0 Å². The van der Waals surface area contributed by atoms with Crippen LogP contribution in [0.15, 0.2) is 66.7 Å². The second-order valence-electron chi connectivity index (χ2n) is 7.86. The SMILES string of the molecule is CC(=O)NCCNCc1ccc2c(c1)CN(c1cccc(-c3ccccc3)c1C)C2=O. The molecule has 5 heteroatoms. The van der Waals surface area contributed by atoms with E-state index < -0.39 is 0 Å². The lowest BCUT2D eigenvalue weighted by Crippen LogP contribution is -2.29. The molecule has 31 heavy (non-hydrogen) atoms. The summed E-state index contributed by atoms with van der Waals surface area (Å²) >= 11 is 0. The van der Waals surface area contributed by atoms with Gasteiger partial charge in [0.05, 0.1) is 6.54 Å². The van der Waals surface area contributed by atoms with Crippen LogP contribution in [0.4, 0.5) is 5.69 Å². The van der Waals surface area contributed by atoms with E-state index >= 15 is 0 Å². The quantitative estimate of drug-likeness (QED) is 0.575. The van der Waals surface area contributed by atoms with Crippen molar-refractivity contribution in [1.29, 1.82) is 0 Å². The number of rotatable bonds is 7. The molecule has 1 aliphatic heterocycles. The summed E-state index contributed by atoms with van der Waals surface area (Å²) in [5.74, 6) is 0.0260. The van der Waals surface area contributed by atoms with Gasteiger partial charge < -0.3 is 15.5 Å². The van der Waals surface area contributed by atoms with Crippen LogP contribution in [0.2, 0.25) is 0 Å². The third-order valence-electron chi connectivity index (χ3n) is 5.66. The van der Waals surface area contributed by atoms with Crippen molar-refractivity contribution in [2.75, 3.05) is 18.0 Å². The average Bonchev–Trinajstić information content (AvgIpc) is 3.10. The van der Waals surface area contributed by atoms with E-state index in [9.17, 15) is 9.59 Å². The summed E-state index contributed by atoms with van der Waals surface area (Å²) in [6, 6.07) is 22.4. The topological polar surface area (TPSA) is 61.4 Å². The molecule has 0 saturated carbocycles. The predicted octanol–water partition coefficient (Wildman–Crippen LogP) is 4.05. The van der Waals surface area contributed by atoms with Crippen molar-refractivity contribution >= 4 is 17.5 Å². The van der Waals surface area contributed by atoms with Crippen LogP contribution in [-0.4, -0.2) is 24.9 Å². The number of hydrogen-bond acceptors (Lipinski definition) is 3. The van der Waals surface area contributed by atoms with E-state index in [1.165, 1.54) is 6.92 Å². The van der Waals surface area contributed by atoms with Gasteiger partial charge in [-0.15, -0.1) is 0 Å². The molecule has 3 aromatic carbocycles. The Morgan fingerprint density at radius 3 is 2.55 bits per heavy atom. The molecule has 5 nitrogen and oxygen atoms in total. The predicted molar refractivity (Wildman–Crippen MR) is 124 cm³/mol. The fourth-order valence-electron chi connectivity index (χ4n) is 4.08. The standard InChI is InChI=1S/C26H27N3O2/c1-18-23(21-7-4-3-5-8-21)9-6-10-25(18)29-17-22-15-20(11-12-24(22)26(29)31)16-27-13-14-28-19(2)30/h3-12,15,27H,13-14,16-17H2,1-2H3,(H,28,30). The van der Waals surface area contributed by atoms with Crippen molar-refractivity contribution < 1.29 is 9.59 Å². The average molecular weight is 414 g/mol. The Morgan fingerprint density at radius 1 is 0.968 bits per heavy atom. The number of fused-ring (bicyclic) bond motifs is 1. The molecule has 2 N–H and O–H groups in total. The summed E-state index contributed by atoms with van der Waals surface area (Å²) in [6.07, 6.45) is 0. The van der Waals surface area contributed by atoms with E-state index in [-0.39, 0.29) is 11.8 Å². The lowest BCUT2D eigenvalue weighted by molar-refractivity contribution is -0.118. The summed E-state index contributed by atoms with van der Waals surface area (Å²) < 4.78 is 0. The van der Waals surface area contributed by atoms with E-state index in [1.54, 1.807) is 0 Å². The number of nitrogens with one attached hydrogen (secondary N) is 2. The highest BCUT2D eigenvalue weighted by atomic mass is 16.2. The van der Waals surface area contributed by atoms with Gasteiger partial charge in [-0.3, -0.25) is 9.59 Å². The Kier molecular flexibility index (Phi) is 6.14. The Morgan fingerprint density at radius 2 is 1.77 bits per heavy atom. The Balaban J connectivity index is 1.50. The molecule has 0 saturated heterocycles. The van der Waals surface area contributed by atoms with Gasteiger partial charge in [0, 0.05) is 37.8 Å². The van der Waals surface area contributed by atoms with Crippen LogP contribution in [0.1, 0.15) is 34.0 Å². The molecule has 0 radical (unpaired) electrons. The van der Waals surface area contributed by atoms with Gasteiger partial charge in [-0.05, 0) is 46.9 Å². The summed E-state index contributed by atoms with van der Waals surface area (Å²) in [6.45, 7) is 6.17. The minimum atomic E-state index is -0.0236. The molecule has 0 aliphatic carbocycles. The molecule has 2 amide bonds. The van der Waals surface area contributed by atoms with Crippen molar-refractivity contribution in [2.45, 2.75) is 26.9 Å². The monoisotopic (exact) mass is 413 g/mol. The van der Waals surface area contributed by atoms with E-state index in [0.717, 1.165) is 39.1 Å². The first-order chi connectivity index (χ1) is 15.0. The molecule has 1 heterocycles. The molecule has 158 valence electrons. The summed E-state index contributed by atoms with van der Waals surface area (Å²) in [5.41, 5.74) is 7.31. The first-order valence-electron chi connectivity index (χ1n) is 10.6. The molecule has 4 rings (SSSR count). The van der Waals surface area contributed by atoms with E-state index in [4.69, 9.17) is 0 Å². The Bertz CT molecular complexity index is 1110. The third kappa shape index (κ3) is 4.52. The van der Waals surface area contributed by atoms with E-state index in [0.29, 0.717) is 26.2 Å². The first-order valence-corrected chi connectivity index (χ1v) is 10.6. The van der Waals surface area contributed by atoms with Crippen LogP contribution >= 0.6 is 0 Å². The molecule has 1 aliphatic rings. The van der Waals surface area contributed by atoms with Crippen molar-refractivity contribution in [1.82, 2.24) is 10.6 Å². The smallest absolute Gasteiger partial charge is 0.258 e. The zero-order valence-corrected chi connectivity index (χ0v) is 17.9. The van der Waals surface area contributed by atoms with Gasteiger partial charge in [-0.1, -0.05) is 54.6 Å². The van der Waals surface area contributed by atoms with E-state index in [2.05, 4.69) is 41.8 Å². The van der Waals surface area contributed by atoms with Gasteiger partial charge >= 0.3 is 0 Å². The van der Waals surface area contributed by atoms with Gasteiger partial charge in [-0.25, -0.2) is 0 Å². The molecule has 0 spiro atoms. The van der Waals surface area contributed by atoms with Gasteiger partial charge in [-0.2, -0.15) is 0 Å². The second kappa shape index (κ2) is 9.14. The first kappa shape index (κ1) is 20.8. The van der Waals surface area contributed by atoms with Gasteiger partial charge in [0.15, 0.2) is 0 Å². The second-order valence-corrected chi connectivity index (χ2v) is 7.86. The van der Waals surface area contributed by atoms with Crippen LogP contribution < -0.4 is 15.5 Å². The Hall–Kier alpha value is -3.44. The zero-order valence-electron chi connectivity index (χ0n) is 17.9. The largest absolute Gasteiger partial charge is 0.355 e. The van der Waals surface area contributed by atoms with Gasteiger partial charge in [0.2, 0.25) is 5.91 Å². The molecule has 0 unspecified atom stereocenters. The summed E-state index contributed by atoms with van der Waals surface area (Å²) in [4.78, 5) is 26.0. The minimum absolute atomic E-state index is 0.0236. The third-order valence-corrected chi connectivity index (χ3v) is 5.66. The highest BCUT2D eigenvalue weighted by molar-refractivity contribution is 6.10. The molecule has 0 atom stereocenters. The minimum Gasteiger partial charge on any atom is -0.355 e. The lowest BCUT2D eigenvalue weighted by Gasteiger charge is -2.20. The van der Waals surface area contributed by atoms with Crippen LogP contribution in [0, 0.1) is 6.92 Å². The van der Waals surface area contributed by atoms with E-state index in [1.807, 2.05) is 47.4 Å². The number of amides is 2. The number of anilines is 1. The van der Waals surface area contributed by atoms with Crippen molar-refractivity contribution in [3.63, 3.8) is 0 Å². The normalized spacial score (nSPS) is 12.7. The number of carbonyl (C=O) groups is 2. The number of hydrogen-bond donors (Lipinski definition) is 2. The number of nitrogens with zero attached hydrogens (tertiary/aromatic N) is 1.